The summed E-state index contributed by atoms with van der Waals surface area (Å²) < 4.78 is 4.77. The lowest BCUT2D eigenvalue weighted by Gasteiger charge is -2.10. The highest BCUT2D eigenvalue weighted by molar-refractivity contribution is 7.15. The topological polar surface area (TPSA) is 101 Å². The highest BCUT2D eigenvalue weighted by atomic mass is 32.1. The number of rotatable bonds is 5. The first-order chi connectivity index (χ1) is 11.6. The van der Waals surface area contributed by atoms with Gasteiger partial charge in [0.05, 0.1) is 17.7 Å². The number of fused-ring (bicyclic) bond motifs is 1. The van der Waals surface area contributed by atoms with Crippen LogP contribution >= 0.6 is 11.3 Å². The first kappa shape index (κ1) is 15.8. The Kier molecular flexibility index (Phi) is 4.34. The lowest BCUT2D eigenvalue weighted by Crippen LogP contribution is -2.29. The maximum Gasteiger partial charge on any atom is 0.413 e. The van der Waals surface area contributed by atoms with Crippen molar-refractivity contribution >= 4 is 34.4 Å². The maximum absolute atomic E-state index is 12.3. The van der Waals surface area contributed by atoms with Gasteiger partial charge in [0.15, 0.2) is 0 Å². The van der Waals surface area contributed by atoms with E-state index >= 15 is 0 Å². The Hall–Kier alpha value is -3.07. The molecule has 0 bridgehead atoms. The minimum absolute atomic E-state index is 0.00655. The average Bonchev–Trinajstić information content (AvgIpc) is 3.12. The molecule has 24 heavy (non-hydrogen) atoms. The second-order valence-electron chi connectivity index (χ2n) is 4.76. The molecule has 0 atom stereocenters. The molecule has 0 aliphatic carbocycles. The van der Waals surface area contributed by atoms with Gasteiger partial charge >= 0.3 is 6.09 Å². The number of carbonyl (C=O) groups is 3. The molecule has 0 radical (unpaired) electrons. The van der Waals surface area contributed by atoms with E-state index in [2.05, 4.69) is 22.1 Å². The summed E-state index contributed by atoms with van der Waals surface area (Å²) in [6.45, 7) is 3.50. The molecule has 8 nitrogen and oxygen atoms in total. The highest BCUT2D eigenvalue weighted by Crippen LogP contribution is 2.25. The van der Waals surface area contributed by atoms with Crippen LogP contribution in [0.3, 0.4) is 0 Å². The third-order valence-electron chi connectivity index (χ3n) is 3.18. The lowest BCUT2D eigenvalue weighted by molar-refractivity contribution is 0.0642. The summed E-state index contributed by atoms with van der Waals surface area (Å²) in [5.74, 6) is -0.739. The number of nitrogens with zero attached hydrogens (tertiary/aromatic N) is 3. The van der Waals surface area contributed by atoms with Crippen LogP contribution in [0.15, 0.2) is 36.9 Å². The molecule has 2 heterocycles. The van der Waals surface area contributed by atoms with Gasteiger partial charge in [0.2, 0.25) is 5.13 Å². The fourth-order valence-corrected chi connectivity index (χ4v) is 2.86. The van der Waals surface area contributed by atoms with Gasteiger partial charge in [0.25, 0.3) is 11.8 Å². The molecule has 3 amide bonds. The molecule has 122 valence electrons. The number of amides is 3. The Balaban J connectivity index is 1.68. The maximum atomic E-state index is 12.3. The van der Waals surface area contributed by atoms with Gasteiger partial charge in [-0.2, -0.15) is 0 Å². The number of aromatic nitrogens is 2. The number of hydrogen-bond acceptors (Lipinski definition) is 7. The molecule has 0 saturated heterocycles. The van der Waals surface area contributed by atoms with Gasteiger partial charge in [-0.3, -0.25) is 19.8 Å². The summed E-state index contributed by atoms with van der Waals surface area (Å²) in [6.07, 6.45) is 0.756. The number of imide groups is 1. The zero-order chi connectivity index (χ0) is 17.1. The molecule has 9 heteroatoms. The molecule has 1 aliphatic rings. The lowest BCUT2D eigenvalue weighted by atomic mass is 10.1. The number of ether oxygens (including phenoxy) is 1. The first-order valence-corrected chi connectivity index (χ1v) is 7.74. The van der Waals surface area contributed by atoms with Crippen LogP contribution < -0.4 is 5.32 Å². The van der Waals surface area contributed by atoms with Crippen LogP contribution in [0.2, 0.25) is 0 Å². The Bertz CT molecular complexity index is 797. The van der Waals surface area contributed by atoms with Gasteiger partial charge in [0.1, 0.15) is 11.6 Å². The quantitative estimate of drug-likeness (QED) is 0.658. The molecule has 3 rings (SSSR count). The minimum atomic E-state index is -0.682. The monoisotopic (exact) mass is 344 g/mol. The van der Waals surface area contributed by atoms with E-state index in [1.165, 1.54) is 6.08 Å². The van der Waals surface area contributed by atoms with Crippen molar-refractivity contribution in [2.24, 2.45) is 0 Å². The summed E-state index contributed by atoms with van der Waals surface area (Å²) >= 11 is 1.06. The van der Waals surface area contributed by atoms with Crippen molar-refractivity contribution < 1.29 is 19.1 Å². The molecule has 0 spiro atoms. The average molecular weight is 344 g/mol. The minimum Gasteiger partial charge on any atom is -0.445 e. The molecule has 2 aromatic rings. The summed E-state index contributed by atoms with van der Waals surface area (Å²) in [5, 5.41) is 10.7. The second-order valence-corrected chi connectivity index (χ2v) is 5.82. The van der Waals surface area contributed by atoms with E-state index in [0.29, 0.717) is 16.1 Å². The largest absolute Gasteiger partial charge is 0.445 e. The first-order valence-electron chi connectivity index (χ1n) is 6.92. The number of nitrogens with one attached hydrogen (secondary N) is 1. The van der Waals surface area contributed by atoms with Crippen LogP contribution in [0, 0.1) is 0 Å². The highest BCUT2D eigenvalue weighted by Gasteiger charge is 2.35. The van der Waals surface area contributed by atoms with E-state index in [9.17, 15) is 14.4 Å². The number of benzene rings is 1. The zero-order valence-corrected chi connectivity index (χ0v) is 13.2. The van der Waals surface area contributed by atoms with Crippen molar-refractivity contribution in [3.05, 3.63) is 53.1 Å². The Labute approximate surface area is 140 Å². The van der Waals surface area contributed by atoms with E-state index < -0.39 is 6.09 Å². The molecular formula is C15H12N4O4S. The molecule has 1 N–H and O–H groups in total. The fourth-order valence-electron chi connectivity index (χ4n) is 2.14. The van der Waals surface area contributed by atoms with Gasteiger partial charge in [-0.05, 0) is 12.1 Å². The summed E-state index contributed by atoms with van der Waals surface area (Å²) in [5.41, 5.74) is 0.747. The van der Waals surface area contributed by atoms with Gasteiger partial charge in [-0.15, -0.1) is 10.2 Å². The van der Waals surface area contributed by atoms with E-state index in [0.717, 1.165) is 16.2 Å². The number of carbonyl (C=O) groups excluding carboxylic acids is 3. The Morgan fingerprint density at radius 3 is 2.54 bits per heavy atom. The number of hydrogen-bond donors (Lipinski definition) is 1. The molecule has 0 unspecified atom stereocenters. The van der Waals surface area contributed by atoms with Crippen molar-refractivity contribution in [3.63, 3.8) is 0 Å². The van der Waals surface area contributed by atoms with Crippen LogP contribution in [-0.4, -0.2) is 39.6 Å². The van der Waals surface area contributed by atoms with Crippen molar-refractivity contribution in [2.45, 2.75) is 6.54 Å². The van der Waals surface area contributed by atoms with Crippen molar-refractivity contribution in [1.29, 1.82) is 0 Å². The van der Waals surface area contributed by atoms with Crippen LogP contribution in [-0.2, 0) is 11.3 Å². The molecule has 1 aromatic heterocycles. The third kappa shape index (κ3) is 3.01. The molecule has 1 aromatic carbocycles. The SMILES string of the molecule is C=CCOC(=O)Nc1nnc(CN2C(=O)c3ccccc3C2=O)s1. The summed E-state index contributed by atoms with van der Waals surface area (Å²) in [7, 11) is 0. The van der Waals surface area contributed by atoms with E-state index in [4.69, 9.17) is 4.74 Å². The molecular weight excluding hydrogens is 332 g/mol. The van der Waals surface area contributed by atoms with Crippen LogP contribution in [0.4, 0.5) is 9.93 Å². The zero-order valence-electron chi connectivity index (χ0n) is 12.4. The van der Waals surface area contributed by atoms with Crippen LogP contribution in [0.1, 0.15) is 25.7 Å². The van der Waals surface area contributed by atoms with Crippen LogP contribution in [0.25, 0.3) is 0 Å². The van der Waals surface area contributed by atoms with E-state index in [1.807, 2.05) is 0 Å². The van der Waals surface area contributed by atoms with E-state index in [1.54, 1.807) is 24.3 Å². The molecule has 1 aliphatic heterocycles. The van der Waals surface area contributed by atoms with Gasteiger partial charge in [0, 0.05) is 0 Å². The summed E-state index contributed by atoms with van der Waals surface area (Å²) in [4.78, 5) is 37.1. The van der Waals surface area contributed by atoms with Gasteiger partial charge < -0.3 is 4.74 Å². The van der Waals surface area contributed by atoms with Crippen molar-refractivity contribution in [3.8, 4) is 0 Å². The van der Waals surface area contributed by atoms with Crippen molar-refractivity contribution in [1.82, 2.24) is 15.1 Å². The standard InChI is InChI=1S/C15H12N4O4S/c1-2-7-23-15(22)16-14-18-17-11(24-14)8-19-12(20)9-5-3-4-6-10(9)13(19)21/h2-6H,1,7-8H2,(H,16,18,22). The molecule has 0 fully saturated rings. The fraction of sp³-hybridized carbons (Fsp3) is 0.133. The Morgan fingerprint density at radius 2 is 1.92 bits per heavy atom. The smallest absolute Gasteiger partial charge is 0.413 e. The third-order valence-corrected chi connectivity index (χ3v) is 4.00. The molecule has 0 saturated carbocycles. The Morgan fingerprint density at radius 1 is 1.25 bits per heavy atom. The van der Waals surface area contributed by atoms with Crippen molar-refractivity contribution in [2.75, 3.05) is 11.9 Å². The van der Waals surface area contributed by atoms with E-state index in [-0.39, 0.29) is 30.1 Å². The second kappa shape index (κ2) is 6.59. The van der Waals surface area contributed by atoms with Gasteiger partial charge in [-0.25, -0.2) is 4.79 Å². The number of anilines is 1. The predicted octanol–water partition coefficient (Wildman–Crippen LogP) is 2.07. The van der Waals surface area contributed by atoms with Crippen LogP contribution in [0.5, 0.6) is 0 Å². The van der Waals surface area contributed by atoms with Gasteiger partial charge in [-0.1, -0.05) is 36.1 Å². The summed E-state index contributed by atoms with van der Waals surface area (Å²) in [6, 6.07) is 6.63. The normalized spacial score (nSPS) is 12.9. The predicted molar refractivity (Wildman–Crippen MR) is 85.7 cm³/mol.